The highest BCUT2D eigenvalue weighted by Gasteiger charge is 2.32. The number of ether oxygens (including phenoxy) is 2. The number of rotatable bonds is 8. The molecule has 184 valence electrons. The summed E-state index contributed by atoms with van der Waals surface area (Å²) in [6, 6.07) is 14.6. The van der Waals surface area contributed by atoms with Crippen molar-refractivity contribution in [3.63, 3.8) is 0 Å². The second-order valence-corrected chi connectivity index (χ2v) is 11.2. The molecule has 0 aliphatic heterocycles. The Morgan fingerprint density at radius 2 is 1.69 bits per heavy atom. The van der Waals surface area contributed by atoms with Crippen LogP contribution < -0.4 is 14.4 Å². The van der Waals surface area contributed by atoms with E-state index in [4.69, 9.17) is 9.47 Å². The molecule has 1 amide bonds. The topological polar surface area (TPSA) is 102 Å². The van der Waals surface area contributed by atoms with Gasteiger partial charge in [0.05, 0.1) is 24.6 Å². The van der Waals surface area contributed by atoms with E-state index in [0.717, 1.165) is 40.3 Å². The van der Waals surface area contributed by atoms with E-state index in [-0.39, 0.29) is 0 Å². The van der Waals surface area contributed by atoms with E-state index in [1.54, 1.807) is 24.3 Å². The van der Waals surface area contributed by atoms with Gasteiger partial charge in [0, 0.05) is 4.88 Å². The molecule has 1 aliphatic carbocycles. The first kappa shape index (κ1) is 24.7. The summed E-state index contributed by atoms with van der Waals surface area (Å²) in [5.41, 5.74) is 1.58. The fourth-order valence-corrected chi connectivity index (χ4v) is 6.58. The molecule has 4 rings (SSSR count). The molecular weight excluding hydrogens is 488 g/mol. The Morgan fingerprint density at radius 3 is 2.31 bits per heavy atom. The molecule has 1 atom stereocenters. The van der Waals surface area contributed by atoms with E-state index >= 15 is 0 Å². The van der Waals surface area contributed by atoms with E-state index in [1.807, 2.05) is 30.3 Å². The van der Waals surface area contributed by atoms with Gasteiger partial charge in [-0.1, -0.05) is 18.2 Å². The average molecular weight is 515 g/mol. The molecule has 0 unspecified atom stereocenters. The highest BCUT2D eigenvalue weighted by Crippen LogP contribution is 2.39. The fourth-order valence-electron chi connectivity index (χ4n) is 4.12. The Balaban J connectivity index is 1.57. The maximum atomic E-state index is 13.2. The van der Waals surface area contributed by atoms with E-state index in [2.05, 4.69) is 5.32 Å². The fraction of sp³-hybridized carbons (Fsp3) is 0.280. The van der Waals surface area contributed by atoms with Crippen molar-refractivity contribution in [2.75, 3.05) is 23.0 Å². The molecule has 1 N–H and O–H groups in total. The van der Waals surface area contributed by atoms with Gasteiger partial charge in [-0.25, -0.2) is 13.2 Å². The first-order valence-electron chi connectivity index (χ1n) is 11.0. The number of nitrogens with one attached hydrogen (secondary N) is 1. The minimum atomic E-state index is -3.81. The van der Waals surface area contributed by atoms with E-state index in [1.165, 1.54) is 25.4 Å². The molecule has 2 aromatic carbocycles. The second-order valence-electron chi connectivity index (χ2n) is 8.19. The van der Waals surface area contributed by atoms with Crippen LogP contribution >= 0.6 is 11.3 Å². The zero-order valence-corrected chi connectivity index (χ0v) is 21.2. The van der Waals surface area contributed by atoms with Gasteiger partial charge >= 0.3 is 5.97 Å². The Bertz CT molecular complexity index is 1330. The number of aryl methyl sites for hydroxylation is 1. The van der Waals surface area contributed by atoms with Gasteiger partial charge in [0.15, 0.2) is 0 Å². The SMILES string of the molecule is COC(=O)c1c(NC(=O)[C@@H](C)N(c2ccc(Oc3ccccc3)cc2)S(C)(=O)=O)sc2c1CCC2. The zero-order chi connectivity index (χ0) is 25.2. The number of anilines is 2. The molecule has 0 fully saturated rings. The van der Waals surface area contributed by atoms with Gasteiger partial charge in [-0.2, -0.15) is 0 Å². The third-order valence-electron chi connectivity index (χ3n) is 5.71. The number of carbonyl (C=O) groups excluding carboxylic acids is 2. The summed E-state index contributed by atoms with van der Waals surface area (Å²) < 4.78 is 37.1. The number of hydrogen-bond acceptors (Lipinski definition) is 7. The summed E-state index contributed by atoms with van der Waals surface area (Å²) in [5.74, 6) is 0.116. The number of fused-ring (bicyclic) bond motifs is 1. The molecule has 1 aliphatic rings. The average Bonchev–Trinajstić information content (AvgIpc) is 3.40. The van der Waals surface area contributed by atoms with Crippen LogP contribution in [-0.4, -0.2) is 39.7 Å². The Kier molecular flexibility index (Phi) is 7.13. The quantitative estimate of drug-likeness (QED) is 0.441. The number of sulfonamides is 1. The van der Waals surface area contributed by atoms with Crippen LogP contribution in [0.5, 0.6) is 11.5 Å². The van der Waals surface area contributed by atoms with Crippen LogP contribution in [0.4, 0.5) is 10.7 Å². The van der Waals surface area contributed by atoms with Crippen LogP contribution in [0.1, 0.15) is 34.1 Å². The highest BCUT2D eigenvalue weighted by atomic mass is 32.2. The van der Waals surface area contributed by atoms with Crippen LogP contribution in [0, 0.1) is 0 Å². The molecule has 0 saturated heterocycles. The number of benzene rings is 2. The summed E-state index contributed by atoms with van der Waals surface area (Å²) in [5, 5.41) is 3.16. The molecule has 0 bridgehead atoms. The number of methoxy groups -OCH3 is 1. The maximum absolute atomic E-state index is 13.2. The van der Waals surface area contributed by atoms with Gasteiger partial charge in [0.1, 0.15) is 22.5 Å². The number of hydrogen-bond donors (Lipinski definition) is 1. The lowest BCUT2D eigenvalue weighted by molar-refractivity contribution is -0.116. The first-order valence-corrected chi connectivity index (χ1v) is 13.7. The van der Waals surface area contributed by atoms with Gasteiger partial charge in [0.2, 0.25) is 15.9 Å². The van der Waals surface area contributed by atoms with Crippen molar-refractivity contribution >= 4 is 43.9 Å². The Labute approximate surface area is 208 Å². The predicted octanol–water partition coefficient (Wildman–Crippen LogP) is 4.61. The summed E-state index contributed by atoms with van der Waals surface area (Å²) in [6.45, 7) is 1.50. The van der Waals surface area contributed by atoms with Gasteiger partial charge in [-0.3, -0.25) is 9.10 Å². The third-order valence-corrected chi connectivity index (χ3v) is 8.16. The summed E-state index contributed by atoms with van der Waals surface area (Å²) in [7, 11) is -2.51. The number of esters is 1. The van der Waals surface area contributed by atoms with Gasteiger partial charge in [-0.15, -0.1) is 11.3 Å². The molecule has 0 radical (unpaired) electrons. The number of thiophene rings is 1. The molecule has 3 aromatic rings. The third kappa shape index (κ3) is 5.33. The standard InChI is InChI=1S/C25H26N2O6S2/c1-16(23(28)26-24-22(25(29)32-2)20-10-7-11-21(20)34-24)27(35(3,30)31)17-12-14-19(15-13-17)33-18-8-5-4-6-9-18/h4-6,8-9,12-16H,7,10-11H2,1-3H3,(H,26,28)/t16-/m1/s1. The summed E-state index contributed by atoms with van der Waals surface area (Å²) in [4.78, 5) is 26.6. The monoisotopic (exact) mass is 514 g/mol. The zero-order valence-electron chi connectivity index (χ0n) is 19.6. The summed E-state index contributed by atoms with van der Waals surface area (Å²) >= 11 is 1.34. The summed E-state index contributed by atoms with van der Waals surface area (Å²) in [6.07, 6.45) is 3.57. The van der Waals surface area contributed by atoms with Crippen LogP contribution in [0.3, 0.4) is 0 Å². The normalized spacial score (nSPS) is 13.6. The highest BCUT2D eigenvalue weighted by molar-refractivity contribution is 7.92. The van der Waals surface area contributed by atoms with Crippen molar-refractivity contribution in [3.05, 3.63) is 70.6 Å². The van der Waals surface area contributed by atoms with Gasteiger partial charge in [-0.05, 0) is 68.1 Å². The van der Waals surface area contributed by atoms with E-state index < -0.39 is 27.9 Å². The van der Waals surface area contributed by atoms with Crippen molar-refractivity contribution in [2.45, 2.75) is 32.2 Å². The number of para-hydroxylation sites is 1. The Morgan fingerprint density at radius 1 is 1.03 bits per heavy atom. The van der Waals surface area contributed by atoms with Crippen molar-refractivity contribution in [1.82, 2.24) is 0 Å². The minimum Gasteiger partial charge on any atom is -0.465 e. The number of nitrogens with zero attached hydrogens (tertiary/aromatic N) is 1. The lowest BCUT2D eigenvalue weighted by atomic mass is 10.1. The lowest BCUT2D eigenvalue weighted by Crippen LogP contribution is -2.45. The van der Waals surface area contributed by atoms with E-state index in [9.17, 15) is 18.0 Å². The largest absolute Gasteiger partial charge is 0.465 e. The lowest BCUT2D eigenvalue weighted by Gasteiger charge is -2.28. The Hall–Kier alpha value is -3.37. The second kappa shape index (κ2) is 10.1. The smallest absolute Gasteiger partial charge is 0.341 e. The van der Waals surface area contributed by atoms with E-state index in [0.29, 0.717) is 27.8 Å². The van der Waals surface area contributed by atoms with Crippen molar-refractivity contribution in [3.8, 4) is 11.5 Å². The first-order chi connectivity index (χ1) is 16.7. The van der Waals surface area contributed by atoms with Gasteiger partial charge in [0.25, 0.3) is 0 Å². The van der Waals surface area contributed by atoms with Crippen LogP contribution in [0.25, 0.3) is 0 Å². The van der Waals surface area contributed by atoms with Crippen LogP contribution in [-0.2, 0) is 32.4 Å². The van der Waals surface area contributed by atoms with Crippen LogP contribution in [0.15, 0.2) is 54.6 Å². The molecule has 35 heavy (non-hydrogen) atoms. The molecule has 8 nitrogen and oxygen atoms in total. The molecule has 10 heteroatoms. The van der Waals surface area contributed by atoms with Crippen molar-refractivity contribution < 1.29 is 27.5 Å². The minimum absolute atomic E-state index is 0.317. The molecular formula is C25H26N2O6S2. The molecule has 0 saturated carbocycles. The number of carbonyl (C=O) groups is 2. The van der Waals surface area contributed by atoms with Gasteiger partial charge < -0.3 is 14.8 Å². The molecule has 1 aromatic heterocycles. The maximum Gasteiger partial charge on any atom is 0.341 e. The molecule has 0 spiro atoms. The number of amides is 1. The molecule has 1 heterocycles. The predicted molar refractivity (Wildman–Crippen MR) is 136 cm³/mol. The van der Waals surface area contributed by atoms with Crippen LogP contribution in [0.2, 0.25) is 0 Å². The van der Waals surface area contributed by atoms with Crippen molar-refractivity contribution in [2.24, 2.45) is 0 Å². The van der Waals surface area contributed by atoms with Crippen molar-refractivity contribution in [1.29, 1.82) is 0 Å².